The van der Waals surface area contributed by atoms with Crippen LogP contribution in [-0.4, -0.2) is 23.2 Å². The normalized spacial score (nSPS) is 15.0. The first-order chi connectivity index (χ1) is 6.16. The largest absolute Gasteiger partial charge is 0.469 e. The van der Waals surface area contributed by atoms with Crippen molar-refractivity contribution in [3.8, 4) is 0 Å². The second kappa shape index (κ2) is 4.34. The highest BCUT2D eigenvalue weighted by molar-refractivity contribution is 7.07. The first-order valence-electron chi connectivity index (χ1n) is 3.80. The fourth-order valence-corrected chi connectivity index (χ4v) is 1.52. The molecule has 2 unspecified atom stereocenters. The summed E-state index contributed by atoms with van der Waals surface area (Å²) >= 11 is 1.38. The first kappa shape index (κ1) is 10.1. The van der Waals surface area contributed by atoms with Crippen molar-refractivity contribution in [3.05, 3.63) is 16.6 Å². The van der Waals surface area contributed by atoms with Crippen molar-refractivity contribution in [2.24, 2.45) is 5.92 Å². The highest BCUT2D eigenvalue weighted by Gasteiger charge is 2.25. The van der Waals surface area contributed by atoms with E-state index in [1.807, 2.05) is 0 Å². The van der Waals surface area contributed by atoms with Crippen LogP contribution in [0.3, 0.4) is 0 Å². The van der Waals surface area contributed by atoms with Gasteiger partial charge in [0.1, 0.15) is 6.10 Å². The maximum atomic E-state index is 11.0. The zero-order chi connectivity index (χ0) is 9.84. The zero-order valence-electron chi connectivity index (χ0n) is 7.43. The number of esters is 1. The Balaban J connectivity index is 2.68. The minimum atomic E-state index is -0.876. The molecule has 0 aliphatic carbocycles. The lowest BCUT2D eigenvalue weighted by molar-refractivity contribution is -0.148. The van der Waals surface area contributed by atoms with Crippen molar-refractivity contribution in [2.45, 2.75) is 13.0 Å². The lowest BCUT2D eigenvalue weighted by Crippen LogP contribution is -2.20. The zero-order valence-corrected chi connectivity index (χ0v) is 8.25. The number of hydrogen-bond acceptors (Lipinski definition) is 5. The second-order valence-electron chi connectivity index (χ2n) is 2.67. The molecule has 72 valence electrons. The van der Waals surface area contributed by atoms with E-state index in [-0.39, 0.29) is 0 Å². The van der Waals surface area contributed by atoms with Crippen molar-refractivity contribution in [1.29, 1.82) is 0 Å². The molecular weight excluding hydrogens is 190 g/mol. The molecule has 1 rings (SSSR count). The molecule has 4 nitrogen and oxygen atoms in total. The number of aromatic nitrogens is 1. The molecule has 0 bridgehead atoms. The number of ether oxygens (including phenoxy) is 1. The summed E-state index contributed by atoms with van der Waals surface area (Å²) in [5, 5.41) is 11.3. The van der Waals surface area contributed by atoms with Crippen LogP contribution < -0.4 is 0 Å². The number of carbonyl (C=O) groups excluding carboxylic acids is 1. The Bertz CT molecular complexity index is 273. The van der Waals surface area contributed by atoms with Crippen LogP contribution in [0.2, 0.25) is 0 Å². The number of aliphatic hydroxyl groups is 1. The predicted octanol–water partition coefficient (Wildman–Crippen LogP) is 0.986. The monoisotopic (exact) mass is 201 g/mol. The van der Waals surface area contributed by atoms with E-state index in [0.29, 0.717) is 5.69 Å². The molecule has 0 fully saturated rings. The van der Waals surface area contributed by atoms with Gasteiger partial charge in [0.2, 0.25) is 0 Å². The molecule has 1 N–H and O–H groups in total. The Kier molecular flexibility index (Phi) is 3.39. The summed E-state index contributed by atoms with van der Waals surface area (Å²) in [5.74, 6) is -1.01. The Labute approximate surface area is 80.2 Å². The topological polar surface area (TPSA) is 59.4 Å². The van der Waals surface area contributed by atoms with Gasteiger partial charge in [0.05, 0.1) is 24.2 Å². The molecule has 0 radical (unpaired) electrons. The van der Waals surface area contributed by atoms with E-state index < -0.39 is 18.0 Å². The molecule has 0 aliphatic heterocycles. The molecule has 0 amide bonds. The lowest BCUT2D eigenvalue weighted by Gasteiger charge is -2.13. The number of rotatable bonds is 3. The van der Waals surface area contributed by atoms with Gasteiger partial charge < -0.3 is 9.84 Å². The Morgan fingerprint density at radius 1 is 1.77 bits per heavy atom. The number of carbonyl (C=O) groups is 1. The number of thiazole rings is 1. The molecule has 0 aliphatic rings. The van der Waals surface area contributed by atoms with Gasteiger partial charge in [-0.25, -0.2) is 4.98 Å². The third-order valence-electron chi connectivity index (χ3n) is 1.80. The van der Waals surface area contributed by atoms with E-state index in [1.54, 1.807) is 17.8 Å². The van der Waals surface area contributed by atoms with Crippen LogP contribution in [0.1, 0.15) is 18.7 Å². The molecule has 0 aromatic carbocycles. The summed E-state index contributed by atoms with van der Waals surface area (Å²) in [6.45, 7) is 1.61. The van der Waals surface area contributed by atoms with E-state index in [9.17, 15) is 9.90 Å². The summed E-state index contributed by atoms with van der Waals surface area (Å²) in [6, 6.07) is 0. The second-order valence-corrected chi connectivity index (χ2v) is 3.39. The maximum Gasteiger partial charge on any atom is 0.311 e. The van der Waals surface area contributed by atoms with E-state index in [1.165, 1.54) is 18.4 Å². The average Bonchev–Trinajstić information content (AvgIpc) is 2.67. The molecule has 1 heterocycles. The SMILES string of the molecule is COC(=O)C(C)C(O)c1cscn1. The van der Waals surface area contributed by atoms with Crippen molar-refractivity contribution >= 4 is 17.3 Å². The predicted molar refractivity (Wildman–Crippen MR) is 48.3 cm³/mol. The third-order valence-corrected chi connectivity index (χ3v) is 2.41. The molecule has 5 heteroatoms. The van der Waals surface area contributed by atoms with Gasteiger partial charge in [0.15, 0.2) is 0 Å². The maximum absolute atomic E-state index is 11.0. The van der Waals surface area contributed by atoms with E-state index in [4.69, 9.17) is 0 Å². The van der Waals surface area contributed by atoms with E-state index >= 15 is 0 Å². The van der Waals surface area contributed by atoms with Gasteiger partial charge in [-0.2, -0.15) is 0 Å². The van der Waals surface area contributed by atoms with Crippen LogP contribution >= 0.6 is 11.3 Å². The van der Waals surface area contributed by atoms with Crippen LogP contribution in [0, 0.1) is 5.92 Å². The Morgan fingerprint density at radius 3 is 2.92 bits per heavy atom. The highest BCUT2D eigenvalue weighted by Crippen LogP contribution is 2.22. The van der Waals surface area contributed by atoms with Crippen LogP contribution in [-0.2, 0) is 9.53 Å². The number of hydrogen-bond donors (Lipinski definition) is 1. The first-order valence-corrected chi connectivity index (χ1v) is 4.75. The van der Waals surface area contributed by atoms with Gasteiger partial charge >= 0.3 is 5.97 Å². The van der Waals surface area contributed by atoms with Gasteiger partial charge in [0.25, 0.3) is 0 Å². The molecule has 13 heavy (non-hydrogen) atoms. The van der Waals surface area contributed by atoms with Gasteiger partial charge in [0, 0.05) is 5.38 Å². The highest BCUT2D eigenvalue weighted by atomic mass is 32.1. The van der Waals surface area contributed by atoms with Gasteiger partial charge in [-0.05, 0) is 6.92 Å². The molecule has 0 spiro atoms. The van der Waals surface area contributed by atoms with E-state index in [2.05, 4.69) is 9.72 Å². The van der Waals surface area contributed by atoms with E-state index in [0.717, 1.165) is 0 Å². The number of aliphatic hydroxyl groups excluding tert-OH is 1. The van der Waals surface area contributed by atoms with Crippen LogP contribution in [0.15, 0.2) is 10.9 Å². The van der Waals surface area contributed by atoms with Crippen LogP contribution in [0.5, 0.6) is 0 Å². The number of nitrogens with zero attached hydrogens (tertiary/aromatic N) is 1. The van der Waals surface area contributed by atoms with Crippen molar-refractivity contribution in [1.82, 2.24) is 4.98 Å². The van der Waals surface area contributed by atoms with Crippen LogP contribution in [0.25, 0.3) is 0 Å². The molecule has 0 saturated heterocycles. The molecular formula is C8H11NO3S. The van der Waals surface area contributed by atoms with Crippen molar-refractivity contribution < 1.29 is 14.6 Å². The third kappa shape index (κ3) is 2.26. The quantitative estimate of drug-likeness (QED) is 0.741. The summed E-state index contributed by atoms with van der Waals surface area (Å²) in [5.41, 5.74) is 2.13. The lowest BCUT2D eigenvalue weighted by atomic mass is 10.0. The van der Waals surface area contributed by atoms with Crippen molar-refractivity contribution in [2.75, 3.05) is 7.11 Å². The molecule has 1 aromatic rings. The van der Waals surface area contributed by atoms with Gasteiger partial charge in [-0.3, -0.25) is 4.79 Å². The van der Waals surface area contributed by atoms with Crippen LogP contribution in [0.4, 0.5) is 0 Å². The molecule has 2 atom stereocenters. The Morgan fingerprint density at radius 2 is 2.46 bits per heavy atom. The average molecular weight is 201 g/mol. The minimum Gasteiger partial charge on any atom is -0.469 e. The number of methoxy groups -OCH3 is 1. The molecule has 1 aromatic heterocycles. The smallest absolute Gasteiger partial charge is 0.311 e. The van der Waals surface area contributed by atoms with Crippen molar-refractivity contribution in [3.63, 3.8) is 0 Å². The minimum absolute atomic E-state index is 0.430. The summed E-state index contributed by atoms with van der Waals surface area (Å²) in [7, 11) is 1.30. The summed E-state index contributed by atoms with van der Waals surface area (Å²) in [4.78, 5) is 15.0. The fourth-order valence-electron chi connectivity index (χ4n) is 0.939. The van der Waals surface area contributed by atoms with Gasteiger partial charge in [-0.1, -0.05) is 0 Å². The summed E-state index contributed by atoms with van der Waals surface area (Å²) < 4.78 is 4.51. The molecule has 0 saturated carbocycles. The van der Waals surface area contributed by atoms with Gasteiger partial charge in [-0.15, -0.1) is 11.3 Å². The summed E-state index contributed by atoms with van der Waals surface area (Å²) in [6.07, 6.45) is -0.876. The standard InChI is InChI=1S/C8H11NO3S/c1-5(8(11)12-2)7(10)6-3-13-4-9-6/h3-5,7,10H,1-2H3. The fraction of sp³-hybridized carbons (Fsp3) is 0.500. The Hall–Kier alpha value is -0.940.